The van der Waals surface area contributed by atoms with E-state index in [9.17, 15) is 0 Å². The van der Waals surface area contributed by atoms with Gasteiger partial charge in [0.1, 0.15) is 29.3 Å². The molecule has 0 aromatic carbocycles. The van der Waals surface area contributed by atoms with E-state index in [2.05, 4.69) is 105 Å². The molecule has 0 aliphatic heterocycles. The molecule has 0 aliphatic carbocycles. The lowest BCUT2D eigenvalue weighted by Crippen LogP contribution is -2.56. The number of hydrogen-bond acceptors (Lipinski definition) is 6. The molecule has 0 saturated heterocycles. The maximum Gasteiger partial charge on any atom is 0.315 e. The Morgan fingerprint density at radius 3 is 1.10 bits per heavy atom. The van der Waals surface area contributed by atoms with Crippen molar-refractivity contribution >= 4 is 97.5 Å². The highest BCUT2D eigenvalue weighted by Gasteiger charge is 2.44. The van der Waals surface area contributed by atoms with Gasteiger partial charge in [0.2, 0.25) is 0 Å². The topological polar surface area (TPSA) is 55.4 Å². The first-order valence-corrected chi connectivity index (χ1v) is 45.0. The normalized spacial score (nSPS) is 17.0. The van der Waals surface area contributed by atoms with Crippen molar-refractivity contribution in [3.05, 3.63) is 0 Å². The molecule has 248 valence electrons. The molecule has 0 bridgehead atoms. The summed E-state index contributed by atoms with van der Waals surface area (Å²) in [4.78, 5) is 0. The lowest BCUT2D eigenvalue weighted by Gasteiger charge is -2.41. The average molecular weight is 766 g/mol. The largest absolute Gasteiger partial charge is 0.460 e. The summed E-state index contributed by atoms with van der Waals surface area (Å²) in [6.45, 7) is 37.2. The molecule has 0 saturated carbocycles. The second-order valence-electron chi connectivity index (χ2n) is 16.3. The van der Waals surface area contributed by atoms with Gasteiger partial charge in [0, 0.05) is 9.52 Å². The van der Waals surface area contributed by atoms with Crippen LogP contribution in [0.1, 0.15) is 0 Å². The van der Waals surface area contributed by atoms with E-state index in [0.717, 1.165) is 12.1 Å². The Labute approximate surface area is 273 Å². The molecule has 0 rings (SSSR count). The van der Waals surface area contributed by atoms with Crippen LogP contribution in [0.4, 0.5) is 0 Å². The summed E-state index contributed by atoms with van der Waals surface area (Å²) in [5.74, 6) is 0. The van der Waals surface area contributed by atoms with Crippen molar-refractivity contribution in [3.63, 3.8) is 0 Å². The molecule has 0 fully saturated rings. The third-order valence-corrected chi connectivity index (χ3v) is 42.6. The SMILES string of the molecule is C[SiH2]CC[Si](C)(C)O[SiH2]CC[Si](C)(C)O[SiH2]CC[Si](C)(C)O[SiH2]CC[Si](C)(O[Si](C)(C)C)O[Si](C)(C)O[Si](C)(C)C. The summed E-state index contributed by atoms with van der Waals surface area (Å²) in [5, 5.41) is 0. The quantitative estimate of drug-likeness (QED) is 0.0852. The van der Waals surface area contributed by atoms with Crippen LogP contribution in [0.5, 0.6) is 0 Å². The predicted octanol–water partition coefficient (Wildman–Crippen LogP) is 6.29. The Morgan fingerprint density at radius 1 is 0.415 bits per heavy atom. The first-order valence-electron chi connectivity index (χ1n) is 16.3. The van der Waals surface area contributed by atoms with Gasteiger partial charge in [-0.1, -0.05) is 12.6 Å². The van der Waals surface area contributed by atoms with Crippen molar-refractivity contribution < 1.29 is 24.7 Å². The molecular formula is C24H72O6Si11. The van der Waals surface area contributed by atoms with E-state index in [4.69, 9.17) is 24.7 Å². The van der Waals surface area contributed by atoms with Crippen LogP contribution in [0.3, 0.4) is 0 Å². The second kappa shape index (κ2) is 18.5. The zero-order valence-corrected chi connectivity index (χ0v) is 43.1. The maximum atomic E-state index is 6.86. The lowest BCUT2D eigenvalue weighted by atomic mass is 10.9. The van der Waals surface area contributed by atoms with Gasteiger partial charge in [-0.15, -0.1) is 0 Å². The van der Waals surface area contributed by atoms with Gasteiger partial charge in [0.25, 0.3) is 0 Å². The lowest BCUT2D eigenvalue weighted by molar-refractivity contribution is 0.325. The minimum absolute atomic E-state index is 0.180. The van der Waals surface area contributed by atoms with E-state index < -0.39 is 78.2 Å². The standard InChI is InChI=1S/C24H72O6Si11/c1-31-17-21-37(8,9)25-32-18-22-38(10,11)26-33-19-23-39(12,13)27-34-20-24-41(16,29-36(5,6)7)30-40(14,15)28-35(2,3)4/h17-24,31-34H2,1-16H3. The molecule has 0 spiro atoms. The Balaban J connectivity index is 4.57. The zero-order chi connectivity index (χ0) is 32.2. The molecule has 1 atom stereocenters. The van der Waals surface area contributed by atoms with Crippen molar-refractivity contribution in [3.8, 4) is 0 Å². The van der Waals surface area contributed by atoms with Gasteiger partial charge >= 0.3 is 17.1 Å². The van der Waals surface area contributed by atoms with Gasteiger partial charge in [-0.25, -0.2) is 0 Å². The third kappa shape index (κ3) is 25.0. The average Bonchev–Trinajstić information content (AvgIpc) is 2.72. The van der Waals surface area contributed by atoms with Crippen molar-refractivity contribution in [1.82, 2.24) is 0 Å². The minimum atomic E-state index is -2.32. The van der Waals surface area contributed by atoms with Crippen molar-refractivity contribution in [2.24, 2.45) is 0 Å². The third-order valence-electron chi connectivity index (χ3n) is 6.77. The van der Waals surface area contributed by atoms with Gasteiger partial charge < -0.3 is 24.7 Å². The first-order chi connectivity index (χ1) is 18.3. The van der Waals surface area contributed by atoms with Crippen molar-refractivity contribution in [2.75, 3.05) is 0 Å². The van der Waals surface area contributed by atoms with Crippen LogP contribution >= 0.6 is 0 Å². The summed E-state index contributed by atoms with van der Waals surface area (Å²) < 4.78 is 40.0. The molecule has 0 aliphatic rings. The maximum absolute atomic E-state index is 6.86. The molecule has 17 heteroatoms. The van der Waals surface area contributed by atoms with Crippen LogP contribution in [-0.4, -0.2) is 97.5 Å². The Morgan fingerprint density at radius 2 is 0.756 bits per heavy atom. The van der Waals surface area contributed by atoms with Gasteiger partial charge in [0.05, 0.1) is 0 Å². The summed E-state index contributed by atoms with van der Waals surface area (Å²) in [7, 11) is -13.7. The van der Waals surface area contributed by atoms with E-state index >= 15 is 0 Å². The van der Waals surface area contributed by atoms with Gasteiger partial charge in [-0.2, -0.15) is 0 Å². The fourth-order valence-corrected chi connectivity index (χ4v) is 48.5. The van der Waals surface area contributed by atoms with Crippen LogP contribution in [0.2, 0.25) is 153 Å². The molecule has 0 aromatic heterocycles. The molecular weight excluding hydrogens is 693 g/mol. The first kappa shape index (κ1) is 43.1. The molecule has 6 nitrogen and oxygen atoms in total. The predicted molar refractivity (Wildman–Crippen MR) is 213 cm³/mol. The number of rotatable bonds is 24. The van der Waals surface area contributed by atoms with Crippen molar-refractivity contribution in [1.29, 1.82) is 0 Å². The monoisotopic (exact) mass is 764 g/mol. The van der Waals surface area contributed by atoms with Crippen LogP contribution in [0, 0.1) is 0 Å². The molecule has 1 unspecified atom stereocenters. The summed E-state index contributed by atoms with van der Waals surface area (Å²) >= 11 is 0. The Bertz CT molecular complexity index is 730. The summed E-state index contributed by atoms with van der Waals surface area (Å²) in [6.07, 6.45) is 0. The fourth-order valence-electron chi connectivity index (χ4n) is 5.30. The van der Waals surface area contributed by atoms with Crippen LogP contribution < -0.4 is 0 Å². The van der Waals surface area contributed by atoms with Gasteiger partial charge in [0.15, 0.2) is 41.6 Å². The van der Waals surface area contributed by atoms with Crippen LogP contribution in [0.25, 0.3) is 0 Å². The van der Waals surface area contributed by atoms with Crippen molar-refractivity contribution in [2.45, 2.75) is 153 Å². The van der Waals surface area contributed by atoms with Crippen LogP contribution in [0.15, 0.2) is 0 Å². The van der Waals surface area contributed by atoms with E-state index in [0.29, 0.717) is 0 Å². The highest BCUT2D eigenvalue weighted by atomic mass is 28.5. The summed E-state index contributed by atoms with van der Waals surface area (Å²) in [6, 6.07) is 10.1. The molecule has 0 N–H and O–H groups in total. The van der Waals surface area contributed by atoms with Gasteiger partial charge in [-0.05, 0) is 141 Å². The van der Waals surface area contributed by atoms with E-state index in [-0.39, 0.29) is 19.3 Å². The van der Waals surface area contributed by atoms with E-state index in [1.807, 2.05) is 0 Å². The minimum Gasteiger partial charge on any atom is -0.460 e. The number of hydrogen-bond donors (Lipinski definition) is 0. The van der Waals surface area contributed by atoms with Gasteiger partial charge in [-0.3, -0.25) is 0 Å². The second-order valence-corrected chi connectivity index (χ2v) is 53.3. The smallest absolute Gasteiger partial charge is 0.315 e. The highest BCUT2D eigenvalue weighted by molar-refractivity contribution is 6.89. The zero-order valence-electron chi connectivity index (χ0n) is 30.4. The summed E-state index contributed by atoms with van der Waals surface area (Å²) in [5.41, 5.74) is 0. The highest BCUT2D eigenvalue weighted by Crippen LogP contribution is 2.28. The molecule has 0 amide bonds. The van der Waals surface area contributed by atoms with E-state index in [1.165, 1.54) is 36.3 Å². The Hall–Kier alpha value is 2.15. The molecule has 0 aromatic rings. The molecule has 0 radical (unpaired) electrons. The Kier molecular flexibility index (Phi) is 19.4. The molecule has 0 heterocycles. The fraction of sp³-hybridized carbons (Fsp3) is 1.00. The van der Waals surface area contributed by atoms with Crippen LogP contribution in [-0.2, 0) is 24.7 Å². The molecule has 41 heavy (non-hydrogen) atoms. The van der Waals surface area contributed by atoms with E-state index in [1.54, 1.807) is 0 Å².